The molecule has 0 radical (unpaired) electrons. The van der Waals surface area contributed by atoms with Crippen molar-refractivity contribution in [3.63, 3.8) is 0 Å². The van der Waals surface area contributed by atoms with Gasteiger partial charge in [-0.15, -0.1) is 0 Å². The quantitative estimate of drug-likeness (QED) is 0.220. The van der Waals surface area contributed by atoms with E-state index in [-0.39, 0.29) is 6.10 Å². The summed E-state index contributed by atoms with van der Waals surface area (Å²) < 4.78 is 23.5. The number of fused-ring (bicyclic) bond motifs is 1. The lowest BCUT2D eigenvalue weighted by molar-refractivity contribution is 0.0106. The summed E-state index contributed by atoms with van der Waals surface area (Å²) in [5.41, 5.74) is 3.63. The zero-order chi connectivity index (χ0) is 26.0. The Bertz CT molecular complexity index is 1290. The maximum absolute atomic E-state index is 6.45. The summed E-state index contributed by atoms with van der Waals surface area (Å²) in [4.78, 5) is 0. The summed E-state index contributed by atoms with van der Waals surface area (Å²) in [5.74, 6) is 2.12. The molecule has 198 valence electrons. The molecule has 1 aliphatic heterocycles. The van der Waals surface area contributed by atoms with Crippen LogP contribution >= 0.6 is 0 Å². The minimum atomic E-state index is 0.142. The van der Waals surface area contributed by atoms with Crippen molar-refractivity contribution in [2.75, 3.05) is 33.4 Å². The van der Waals surface area contributed by atoms with E-state index in [2.05, 4.69) is 72.0 Å². The lowest BCUT2D eigenvalue weighted by Crippen LogP contribution is -2.40. The fourth-order valence-corrected chi connectivity index (χ4v) is 5.03. The molecule has 1 heterocycles. The highest BCUT2D eigenvalue weighted by Crippen LogP contribution is 2.30. The van der Waals surface area contributed by atoms with Gasteiger partial charge in [0.1, 0.15) is 11.5 Å². The molecular weight excluding hydrogens is 474 g/mol. The molecule has 1 saturated heterocycles. The molecule has 2 unspecified atom stereocenters. The van der Waals surface area contributed by atoms with Gasteiger partial charge in [-0.2, -0.15) is 0 Å². The Morgan fingerprint density at radius 1 is 0.763 bits per heavy atom. The van der Waals surface area contributed by atoms with Crippen molar-refractivity contribution in [3.8, 4) is 11.5 Å². The van der Waals surface area contributed by atoms with E-state index in [4.69, 9.17) is 18.9 Å². The first-order valence-corrected chi connectivity index (χ1v) is 13.5. The fourth-order valence-electron chi connectivity index (χ4n) is 5.03. The molecular formula is C33H37NO4. The van der Waals surface area contributed by atoms with Crippen LogP contribution < -0.4 is 14.8 Å². The van der Waals surface area contributed by atoms with Crippen LogP contribution in [0, 0.1) is 0 Å². The molecule has 1 N–H and O–H groups in total. The summed E-state index contributed by atoms with van der Waals surface area (Å²) in [6.07, 6.45) is 2.04. The molecule has 4 aromatic rings. The number of nitrogens with one attached hydrogen (secondary N) is 1. The molecule has 5 rings (SSSR count). The van der Waals surface area contributed by atoms with E-state index in [0.717, 1.165) is 43.0 Å². The number of benzene rings is 4. The third-order valence-electron chi connectivity index (χ3n) is 7.12. The van der Waals surface area contributed by atoms with Crippen molar-refractivity contribution in [1.29, 1.82) is 0 Å². The first kappa shape index (κ1) is 26.2. The second-order valence-corrected chi connectivity index (χ2v) is 9.81. The van der Waals surface area contributed by atoms with Gasteiger partial charge in [0.05, 0.1) is 39.6 Å². The maximum Gasteiger partial charge on any atom is 0.119 e. The van der Waals surface area contributed by atoms with Crippen LogP contribution in [0.4, 0.5) is 0 Å². The Kier molecular flexibility index (Phi) is 9.27. The molecule has 0 spiro atoms. The van der Waals surface area contributed by atoms with Crippen LogP contribution in [0.2, 0.25) is 0 Å². The van der Waals surface area contributed by atoms with Gasteiger partial charge in [0, 0.05) is 18.9 Å². The van der Waals surface area contributed by atoms with Crippen LogP contribution in [0.25, 0.3) is 10.8 Å². The number of rotatable bonds is 12. The first-order chi connectivity index (χ1) is 18.8. The van der Waals surface area contributed by atoms with E-state index in [9.17, 15) is 0 Å². The maximum atomic E-state index is 6.45. The highest BCUT2D eigenvalue weighted by Gasteiger charge is 2.27. The Hall–Kier alpha value is -3.38. The summed E-state index contributed by atoms with van der Waals surface area (Å²) >= 11 is 0. The molecule has 0 bridgehead atoms. The van der Waals surface area contributed by atoms with Crippen LogP contribution in [0.5, 0.6) is 11.5 Å². The van der Waals surface area contributed by atoms with Gasteiger partial charge in [-0.1, -0.05) is 60.7 Å². The van der Waals surface area contributed by atoms with E-state index in [0.29, 0.717) is 32.3 Å². The first-order valence-electron chi connectivity index (χ1n) is 13.5. The average molecular weight is 512 g/mol. The van der Waals surface area contributed by atoms with Crippen LogP contribution in [-0.2, 0) is 22.7 Å². The summed E-state index contributed by atoms with van der Waals surface area (Å²) in [7, 11) is 1.68. The van der Waals surface area contributed by atoms with Gasteiger partial charge in [0.25, 0.3) is 0 Å². The van der Waals surface area contributed by atoms with Crippen LogP contribution in [0.1, 0.15) is 35.4 Å². The standard InChI is InChI=1S/C33H37NO4/c1-35-31-9-4-6-25(21-31)23-36-18-5-19-37-30-14-12-28(13-15-30)32-16-17-34-22-33(32)38-24-26-10-11-27-7-2-3-8-29(27)20-26/h2-4,6-15,20-21,32-34H,5,16-19,22-24H2,1H3. The second-order valence-electron chi connectivity index (χ2n) is 9.81. The summed E-state index contributed by atoms with van der Waals surface area (Å²) in [5, 5.41) is 6.02. The zero-order valence-electron chi connectivity index (χ0n) is 22.1. The van der Waals surface area contributed by atoms with E-state index in [1.54, 1.807) is 7.11 Å². The van der Waals surface area contributed by atoms with Gasteiger partial charge in [0.15, 0.2) is 0 Å². The zero-order valence-corrected chi connectivity index (χ0v) is 22.1. The molecule has 5 heteroatoms. The van der Waals surface area contributed by atoms with Gasteiger partial charge >= 0.3 is 0 Å². The Morgan fingerprint density at radius 3 is 2.47 bits per heavy atom. The smallest absolute Gasteiger partial charge is 0.119 e. The topological polar surface area (TPSA) is 49.0 Å². The molecule has 1 aliphatic rings. The average Bonchev–Trinajstić information content (AvgIpc) is 2.98. The minimum Gasteiger partial charge on any atom is -0.497 e. The fraction of sp³-hybridized carbons (Fsp3) is 0.333. The number of ether oxygens (including phenoxy) is 4. The molecule has 0 amide bonds. The second kappa shape index (κ2) is 13.4. The monoisotopic (exact) mass is 511 g/mol. The lowest BCUT2D eigenvalue weighted by atomic mass is 9.87. The van der Waals surface area contributed by atoms with Gasteiger partial charge in [-0.3, -0.25) is 0 Å². The molecule has 38 heavy (non-hydrogen) atoms. The van der Waals surface area contributed by atoms with Gasteiger partial charge in [-0.05, 0) is 70.8 Å². The molecule has 4 aromatic carbocycles. The lowest BCUT2D eigenvalue weighted by Gasteiger charge is -2.32. The van der Waals surface area contributed by atoms with E-state index < -0.39 is 0 Å². The SMILES string of the molecule is COc1cccc(COCCCOc2ccc(C3CCNCC3OCc3ccc4ccccc4c3)cc2)c1. The molecule has 2 atom stereocenters. The predicted octanol–water partition coefficient (Wildman–Crippen LogP) is 6.50. The molecule has 5 nitrogen and oxygen atoms in total. The van der Waals surface area contributed by atoms with Crippen molar-refractivity contribution in [3.05, 3.63) is 108 Å². The Morgan fingerprint density at radius 2 is 1.61 bits per heavy atom. The predicted molar refractivity (Wildman–Crippen MR) is 152 cm³/mol. The Labute approximate surface area is 225 Å². The third kappa shape index (κ3) is 7.13. The number of methoxy groups -OCH3 is 1. The normalized spacial score (nSPS) is 17.4. The summed E-state index contributed by atoms with van der Waals surface area (Å²) in [6.45, 7) is 4.35. The van der Waals surface area contributed by atoms with Crippen molar-refractivity contribution in [2.24, 2.45) is 0 Å². The molecule has 0 aromatic heterocycles. The highest BCUT2D eigenvalue weighted by molar-refractivity contribution is 5.82. The van der Waals surface area contributed by atoms with Gasteiger partial charge in [0.2, 0.25) is 0 Å². The van der Waals surface area contributed by atoms with Gasteiger partial charge in [-0.25, -0.2) is 0 Å². The van der Waals surface area contributed by atoms with E-state index in [1.807, 2.05) is 24.3 Å². The van der Waals surface area contributed by atoms with Crippen molar-refractivity contribution in [1.82, 2.24) is 5.32 Å². The van der Waals surface area contributed by atoms with Crippen LogP contribution in [0.3, 0.4) is 0 Å². The van der Waals surface area contributed by atoms with Crippen molar-refractivity contribution >= 4 is 10.8 Å². The Balaban J connectivity index is 1.07. The van der Waals surface area contributed by atoms with E-state index in [1.165, 1.54) is 21.9 Å². The molecule has 1 fully saturated rings. The minimum absolute atomic E-state index is 0.142. The van der Waals surface area contributed by atoms with Crippen molar-refractivity contribution in [2.45, 2.75) is 38.1 Å². The van der Waals surface area contributed by atoms with Crippen LogP contribution in [-0.4, -0.2) is 39.5 Å². The third-order valence-corrected chi connectivity index (χ3v) is 7.12. The van der Waals surface area contributed by atoms with Crippen LogP contribution in [0.15, 0.2) is 91.0 Å². The number of piperidine rings is 1. The number of hydrogen-bond donors (Lipinski definition) is 1. The van der Waals surface area contributed by atoms with Gasteiger partial charge < -0.3 is 24.3 Å². The summed E-state index contributed by atoms with van der Waals surface area (Å²) in [6, 6.07) is 31.5. The highest BCUT2D eigenvalue weighted by atomic mass is 16.5. The van der Waals surface area contributed by atoms with Crippen molar-refractivity contribution < 1.29 is 18.9 Å². The molecule has 0 saturated carbocycles. The number of hydrogen-bond acceptors (Lipinski definition) is 5. The largest absolute Gasteiger partial charge is 0.497 e. The molecule has 0 aliphatic carbocycles. The van der Waals surface area contributed by atoms with E-state index >= 15 is 0 Å².